The Kier molecular flexibility index (Phi) is 4.03. The molecule has 1 atom stereocenters. The van der Waals surface area contributed by atoms with E-state index in [2.05, 4.69) is 15.3 Å². The summed E-state index contributed by atoms with van der Waals surface area (Å²) in [6, 6.07) is 6.87. The molecule has 100 valence electrons. The summed E-state index contributed by atoms with van der Waals surface area (Å²) >= 11 is 5.78. The summed E-state index contributed by atoms with van der Waals surface area (Å²) in [6.07, 6.45) is 0.490. The number of nitrogens with one attached hydrogen (secondary N) is 2. The summed E-state index contributed by atoms with van der Waals surface area (Å²) in [5, 5.41) is 12.8. The molecule has 0 saturated heterocycles. The average molecular weight is 281 g/mol. The SMILES string of the molecule is Nc1ccc(C(O)CNc2nc[nH]c(=O)c2Cl)cc1. The molecular formula is C12H13ClN4O2. The van der Waals surface area contributed by atoms with E-state index in [4.69, 9.17) is 17.3 Å². The summed E-state index contributed by atoms with van der Waals surface area (Å²) in [6.45, 7) is 0.181. The van der Waals surface area contributed by atoms with Crippen molar-refractivity contribution in [2.75, 3.05) is 17.6 Å². The van der Waals surface area contributed by atoms with Crippen LogP contribution in [0.4, 0.5) is 11.5 Å². The number of nitrogens with two attached hydrogens (primary N) is 1. The van der Waals surface area contributed by atoms with Crippen molar-refractivity contribution in [3.63, 3.8) is 0 Å². The molecule has 0 bridgehead atoms. The Labute approximate surface area is 114 Å². The highest BCUT2D eigenvalue weighted by molar-refractivity contribution is 6.32. The quantitative estimate of drug-likeness (QED) is 0.629. The van der Waals surface area contributed by atoms with Gasteiger partial charge in [-0.05, 0) is 17.7 Å². The van der Waals surface area contributed by atoms with Gasteiger partial charge in [0.2, 0.25) is 0 Å². The van der Waals surface area contributed by atoms with Gasteiger partial charge >= 0.3 is 0 Å². The fourth-order valence-corrected chi connectivity index (χ4v) is 1.71. The smallest absolute Gasteiger partial charge is 0.271 e. The van der Waals surface area contributed by atoms with Gasteiger partial charge in [0.05, 0.1) is 12.4 Å². The molecule has 7 heteroatoms. The number of aromatic nitrogens is 2. The van der Waals surface area contributed by atoms with Crippen LogP contribution in [0, 0.1) is 0 Å². The Hall–Kier alpha value is -2.05. The standard InChI is InChI=1S/C12H13ClN4O2/c13-10-11(16-6-17-12(10)19)15-5-9(18)7-1-3-8(14)4-2-7/h1-4,6,9,18H,5,14H2,(H2,15,16,17,19). The van der Waals surface area contributed by atoms with E-state index >= 15 is 0 Å². The number of H-pyrrole nitrogens is 1. The summed E-state index contributed by atoms with van der Waals surface area (Å²) in [5.74, 6) is 0.236. The fourth-order valence-electron chi connectivity index (χ4n) is 1.54. The van der Waals surface area contributed by atoms with Crippen LogP contribution >= 0.6 is 11.6 Å². The molecular weight excluding hydrogens is 268 g/mol. The third-order valence-corrected chi connectivity index (χ3v) is 2.93. The third kappa shape index (κ3) is 3.24. The summed E-state index contributed by atoms with van der Waals surface area (Å²) < 4.78 is 0. The first kappa shape index (κ1) is 13.4. The number of aliphatic hydroxyl groups excluding tert-OH is 1. The molecule has 1 aromatic carbocycles. The van der Waals surface area contributed by atoms with E-state index in [1.54, 1.807) is 24.3 Å². The van der Waals surface area contributed by atoms with Crippen molar-refractivity contribution < 1.29 is 5.11 Å². The van der Waals surface area contributed by atoms with Crippen LogP contribution in [0.5, 0.6) is 0 Å². The molecule has 0 fully saturated rings. The lowest BCUT2D eigenvalue weighted by molar-refractivity contribution is 0.191. The Bertz CT molecular complexity index is 612. The molecule has 19 heavy (non-hydrogen) atoms. The van der Waals surface area contributed by atoms with Gasteiger partial charge < -0.3 is 21.1 Å². The lowest BCUT2D eigenvalue weighted by Crippen LogP contribution is -2.16. The van der Waals surface area contributed by atoms with E-state index in [9.17, 15) is 9.90 Å². The van der Waals surface area contributed by atoms with Crippen LogP contribution in [-0.2, 0) is 0 Å². The number of anilines is 2. The van der Waals surface area contributed by atoms with Gasteiger partial charge in [0.25, 0.3) is 5.56 Å². The molecule has 0 saturated carbocycles. The minimum Gasteiger partial charge on any atom is -0.399 e. The van der Waals surface area contributed by atoms with Crippen LogP contribution in [0.15, 0.2) is 35.4 Å². The van der Waals surface area contributed by atoms with Gasteiger partial charge in [0.1, 0.15) is 5.02 Å². The highest BCUT2D eigenvalue weighted by Crippen LogP contribution is 2.17. The molecule has 6 nitrogen and oxygen atoms in total. The molecule has 1 unspecified atom stereocenters. The number of nitrogens with zero attached hydrogens (tertiary/aromatic N) is 1. The molecule has 0 aliphatic carbocycles. The van der Waals surface area contributed by atoms with Gasteiger partial charge in [0.15, 0.2) is 5.82 Å². The van der Waals surface area contributed by atoms with Gasteiger partial charge in [-0.25, -0.2) is 4.98 Å². The number of hydrogen-bond acceptors (Lipinski definition) is 5. The number of hydrogen-bond donors (Lipinski definition) is 4. The van der Waals surface area contributed by atoms with Gasteiger partial charge in [-0.3, -0.25) is 4.79 Å². The van der Waals surface area contributed by atoms with E-state index < -0.39 is 11.7 Å². The molecule has 5 N–H and O–H groups in total. The number of rotatable bonds is 4. The van der Waals surface area contributed by atoms with Crippen molar-refractivity contribution in [3.8, 4) is 0 Å². The van der Waals surface area contributed by atoms with Crippen LogP contribution < -0.4 is 16.6 Å². The van der Waals surface area contributed by atoms with Crippen LogP contribution in [0.3, 0.4) is 0 Å². The van der Waals surface area contributed by atoms with Crippen molar-refractivity contribution >= 4 is 23.1 Å². The maximum Gasteiger partial charge on any atom is 0.271 e. The van der Waals surface area contributed by atoms with Gasteiger partial charge in [0, 0.05) is 12.2 Å². The highest BCUT2D eigenvalue weighted by atomic mass is 35.5. The zero-order valence-corrected chi connectivity index (χ0v) is 10.7. The predicted octanol–water partition coefficient (Wildman–Crippen LogP) is 1.15. The van der Waals surface area contributed by atoms with E-state index in [1.807, 2.05) is 0 Å². The minimum atomic E-state index is -0.752. The highest BCUT2D eigenvalue weighted by Gasteiger charge is 2.10. The van der Waals surface area contributed by atoms with Gasteiger partial charge in [-0.15, -0.1) is 0 Å². The second-order valence-electron chi connectivity index (χ2n) is 3.96. The summed E-state index contributed by atoms with van der Waals surface area (Å²) in [5.41, 5.74) is 6.47. The zero-order valence-electron chi connectivity index (χ0n) is 9.93. The first-order valence-electron chi connectivity index (χ1n) is 5.58. The van der Waals surface area contributed by atoms with Crippen LogP contribution in [0.1, 0.15) is 11.7 Å². The lowest BCUT2D eigenvalue weighted by atomic mass is 10.1. The average Bonchev–Trinajstić information content (AvgIpc) is 2.41. The van der Waals surface area contributed by atoms with E-state index in [-0.39, 0.29) is 17.4 Å². The third-order valence-electron chi connectivity index (χ3n) is 2.58. The monoisotopic (exact) mass is 280 g/mol. The number of benzene rings is 1. The van der Waals surface area contributed by atoms with E-state index in [0.29, 0.717) is 11.3 Å². The largest absolute Gasteiger partial charge is 0.399 e. The molecule has 0 aliphatic rings. The molecule has 1 aromatic heterocycles. The Morgan fingerprint density at radius 3 is 2.79 bits per heavy atom. The summed E-state index contributed by atoms with van der Waals surface area (Å²) in [7, 11) is 0. The number of aromatic amines is 1. The molecule has 0 spiro atoms. The first-order valence-corrected chi connectivity index (χ1v) is 5.96. The molecule has 1 heterocycles. The van der Waals surface area contributed by atoms with Crippen molar-refractivity contribution in [1.82, 2.24) is 9.97 Å². The lowest BCUT2D eigenvalue weighted by Gasteiger charge is -2.13. The first-order chi connectivity index (χ1) is 9.08. The zero-order chi connectivity index (χ0) is 13.8. The molecule has 0 radical (unpaired) electrons. The number of halogens is 1. The van der Waals surface area contributed by atoms with Crippen LogP contribution in [0.2, 0.25) is 5.02 Å². The topological polar surface area (TPSA) is 104 Å². The normalized spacial score (nSPS) is 12.1. The number of nitrogen functional groups attached to an aromatic ring is 1. The second-order valence-corrected chi connectivity index (χ2v) is 4.34. The Balaban J connectivity index is 2.04. The van der Waals surface area contributed by atoms with Crippen molar-refractivity contribution in [2.45, 2.75) is 6.10 Å². The number of aliphatic hydroxyl groups is 1. The van der Waals surface area contributed by atoms with Gasteiger partial charge in [-0.2, -0.15) is 0 Å². The van der Waals surface area contributed by atoms with E-state index in [0.717, 1.165) is 0 Å². The Morgan fingerprint density at radius 1 is 1.42 bits per heavy atom. The van der Waals surface area contributed by atoms with Gasteiger partial charge in [-0.1, -0.05) is 23.7 Å². The van der Waals surface area contributed by atoms with Crippen molar-refractivity contribution in [2.24, 2.45) is 0 Å². The van der Waals surface area contributed by atoms with Crippen molar-refractivity contribution in [1.29, 1.82) is 0 Å². The maximum atomic E-state index is 11.2. The molecule has 2 rings (SSSR count). The maximum absolute atomic E-state index is 11.2. The summed E-state index contributed by atoms with van der Waals surface area (Å²) in [4.78, 5) is 17.5. The fraction of sp³-hybridized carbons (Fsp3) is 0.167. The predicted molar refractivity (Wildman–Crippen MR) is 74.2 cm³/mol. The molecule has 0 aliphatic heterocycles. The van der Waals surface area contributed by atoms with E-state index in [1.165, 1.54) is 6.33 Å². The molecule has 0 amide bonds. The van der Waals surface area contributed by atoms with Crippen LogP contribution in [0.25, 0.3) is 0 Å². The minimum absolute atomic E-state index is 0.0352. The second kappa shape index (κ2) is 5.73. The van der Waals surface area contributed by atoms with Crippen molar-refractivity contribution in [3.05, 3.63) is 51.5 Å². The molecule has 2 aromatic rings. The van der Waals surface area contributed by atoms with Crippen LogP contribution in [-0.4, -0.2) is 21.6 Å². The Morgan fingerprint density at radius 2 is 2.11 bits per heavy atom.